The summed E-state index contributed by atoms with van der Waals surface area (Å²) in [5, 5.41) is 13.2. The van der Waals surface area contributed by atoms with Crippen LogP contribution in [0.5, 0.6) is 0 Å². The lowest BCUT2D eigenvalue weighted by Gasteiger charge is -2.39. The highest BCUT2D eigenvalue weighted by atomic mass is 32.2. The Morgan fingerprint density at radius 2 is 1.71 bits per heavy atom. The first-order chi connectivity index (χ1) is 16.3. The van der Waals surface area contributed by atoms with E-state index in [1.165, 1.54) is 0 Å². The Labute approximate surface area is 207 Å². The van der Waals surface area contributed by atoms with Gasteiger partial charge in [0, 0.05) is 44.2 Å². The zero-order valence-corrected chi connectivity index (χ0v) is 21.5. The van der Waals surface area contributed by atoms with E-state index in [-0.39, 0.29) is 50.6 Å². The highest BCUT2D eigenvalue weighted by Gasteiger charge is 2.48. The van der Waals surface area contributed by atoms with Crippen molar-refractivity contribution in [2.75, 3.05) is 32.6 Å². The molecule has 0 aromatic heterocycles. The molecular weight excluding hydrogens is 507 g/mol. The summed E-state index contributed by atoms with van der Waals surface area (Å²) >= 11 is 0.825. The Hall–Kier alpha value is -2.12. The first-order valence-electron chi connectivity index (χ1n) is 10.7. The monoisotopic (exact) mass is 538 g/mol. The van der Waals surface area contributed by atoms with Crippen LogP contribution < -0.4 is 10.6 Å². The average Bonchev–Trinajstić information content (AvgIpc) is 2.77. The van der Waals surface area contributed by atoms with E-state index < -0.39 is 60.7 Å². The molecule has 1 unspecified atom stereocenters. The number of ketones is 2. The Bertz CT molecular complexity index is 877. The van der Waals surface area contributed by atoms with Crippen LogP contribution in [0, 0.1) is 5.41 Å². The summed E-state index contributed by atoms with van der Waals surface area (Å²) in [6.07, 6.45) is -2.71. The van der Waals surface area contributed by atoms with Crippen molar-refractivity contribution < 1.29 is 52.0 Å². The minimum atomic E-state index is -3.81. The molecule has 1 fully saturated rings. The van der Waals surface area contributed by atoms with Crippen LogP contribution in [0.3, 0.4) is 0 Å². The third-order valence-corrected chi connectivity index (χ3v) is 6.93. The van der Waals surface area contributed by atoms with E-state index >= 15 is 0 Å². The van der Waals surface area contributed by atoms with Crippen LogP contribution in [-0.2, 0) is 46.9 Å². The summed E-state index contributed by atoms with van der Waals surface area (Å²) in [5.74, 6) is -3.00. The number of carbonyl (C=O) groups is 6. The maximum Gasteiger partial charge on any atom is 0.475 e. The summed E-state index contributed by atoms with van der Waals surface area (Å²) < 4.78 is 27.2. The number of aliphatic carboxylic acids is 1. The molecule has 198 valence electrons. The summed E-state index contributed by atoms with van der Waals surface area (Å²) in [5.41, 5.74) is -0.768. The van der Waals surface area contributed by atoms with Gasteiger partial charge in [-0.2, -0.15) is 0 Å². The van der Waals surface area contributed by atoms with Crippen molar-refractivity contribution in [1.29, 1.82) is 0 Å². The fraction of sp³-hybridized carbons (Fsp3) is 0.700. The van der Waals surface area contributed by atoms with E-state index in [9.17, 15) is 33.3 Å². The molecular formula is C20H31N2O11PS. The minimum Gasteiger partial charge on any atom is -0.481 e. The number of phosphoric ester groups is 1. The van der Waals surface area contributed by atoms with Crippen LogP contribution in [-0.4, -0.2) is 78.2 Å². The molecule has 0 spiro atoms. The fourth-order valence-corrected chi connectivity index (χ4v) is 4.86. The van der Waals surface area contributed by atoms with Gasteiger partial charge in [-0.3, -0.25) is 42.3 Å². The lowest BCUT2D eigenvalue weighted by Crippen LogP contribution is -2.50. The molecule has 1 aliphatic rings. The second kappa shape index (κ2) is 14.4. The van der Waals surface area contributed by atoms with Crippen LogP contribution in [0.2, 0.25) is 0 Å². The Kier molecular flexibility index (Phi) is 12.8. The first kappa shape index (κ1) is 30.9. The first-order valence-corrected chi connectivity index (χ1v) is 13.2. The van der Waals surface area contributed by atoms with Gasteiger partial charge in [-0.25, -0.2) is 4.57 Å². The fourth-order valence-electron chi connectivity index (χ4n) is 2.79. The van der Waals surface area contributed by atoms with Gasteiger partial charge in [0.05, 0.1) is 25.9 Å². The van der Waals surface area contributed by atoms with Crippen molar-refractivity contribution in [3.63, 3.8) is 0 Å². The molecule has 1 saturated heterocycles. The summed E-state index contributed by atoms with van der Waals surface area (Å²) in [7, 11) is -2.67. The molecule has 0 bridgehead atoms. The summed E-state index contributed by atoms with van der Waals surface area (Å²) in [6, 6.07) is 0. The molecule has 0 aliphatic carbocycles. The molecule has 15 heteroatoms. The molecule has 0 aromatic rings. The number of carboxylic acid groups (broad SMARTS) is 1. The van der Waals surface area contributed by atoms with E-state index in [4.69, 9.17) is 18.7 Å². The average molecular weight is 539 g/mol. The molecule has 1 rings (SSSR count). The number of phosphoric acid groups is 1. The molecule has 0 radical (unpaired) electrons. The number of nitrogens with one attached hydrogen (secondary N) is 2. The molecule has 35 heavy (non-hydrogen) atoms. The smallest absolute Gasteiger partial charge is 0.475 e. The standard InChI is InChI=1S/C20H31N2O11PS/c1-20(2)12-32-34(30,31-3)33-18(20)19(29)22-7-6-15(25)21-8-9-35-17(28)11-14(24)10-13(23)4-5-16(26)27/h18H,4-12H2,1-3H3,(H,21,25)(H,22,29)(H,26,27)/t18-,34?/m0/s1. The summed E-state index contributed by atoms with van der Waals surface area (Å²) in [4.78, 5) is 69.7. The second-order valence-corrected chi connectivity index (χ2v) is 11.2. The van der Waals surface area contributed by atoms with Crippen LogP contribution in [0.4, 0.5) is 0 Å². The third-order valence-electron chi connectivity index (χ3n) is 4.69. The summed E-state index contributed by atoms with van der Waals surface area (Å²) in [6.45, 7) is 3.52. The molecule has 2 amide bonds. The van der Waals surface area contributed by atoms with Gasteiger partial charge in [-0.1, -0.05) is 25.6 Å². The molecule has 1 aliphatic heterocycles. The highest BCUT2D eigenvalue weighted by molar-refractivity contribution is 8.13. The number of amides is 2. The molecule has 0 aromatic carbocycles. The van der Waals surface area contributed by atoms with Crippen molar-refractivity contribution >= 4 is 54.1 Å². The SMILES string of the molecule is COP1(=O)OCC(C)(C)[C@H](C(=O)NCCC(=O)NCCSC(=O)CC(=O)CC(=O)CCC(=O)O)O1. The number of carbonyl (C=O) groups excluding carboxylic acids is 5. The Morgan fingerprint density at radius 3 is 2.34 bits per heavy atom. The van der Waals surface area contributed by atoms with Crippen molar-refractivity contribution in [2.45, 2.75) is 52.1 Å². The molecule has 2 atom stereocenters. The Balaban J connectivity index is 2.23. The molecule has 3 N–H and O–H groups in total. The van der Waals surface area contributed by atoms with E-state index in [2.05, 4.69) is 10.6 Å². The van der Waals surface area contributed by atoms with Gasteiger partial charge in [0.2, 0.25) is 11.8 Å². The number of carboxylic acids is 1. The van der Waals surface area contributed by atoms with Crippen LogP contribution >= 0.6 is 19.6 Å². The predicted molar refractivity (Wildman–Crippen MR) is 123 cm³/mol. The highest BCUT2D eigenvalue weighted by Crippen LogP contribution is 2.56. The van der Waals surface area contributed by atoms with E-state index in [1.54, 1.807) is 13.8 Å². The van der Waals surface area contributed by atoms with Crippen LogP contribution in [0.25, 0.3) is 0 Å². The van der Waals surface area contributed by atoms with Gasteiger partial charge in [0.25, 0.3) is 0 Å². The topological polar surface area (TPSA) is 191 Å². The van der Waals surface area contributed by atoms with Gasteiger partial charge < -0.3 is 15.7 Å². The van der Waals surface area contributed by atoms with Crippen LogP contribution in [0.1, 0.15) is 46.0 Å². The van der Waals surface area contributed by atoms with Crippen molar-refractivity contribution in [3.8, 4) is 0 Å². The maximum atomic E-state index is 12.4. The van der Waals surface area contributed by atoms with Crippen molar-refractivity contribution in [3.05, 3.63) is 0 Å². The Morgan fingerprint density at radius 1 is 1.03 bits per heavy atom. The second-order valence-electron chi connectivity index (χ2n) is 8.31. The van der Waals surface area contributed by atoms with E-state index in [0.717, 1.165) is 18.9 Å². The minimum absolute atomic E-state index is 0.00473. The quantitative estimate of drug-likeness (QED) is 0.151. The van der Waals surface area contributed by atoms with Gasteiger partial charge in [-0.05, 0) is 0 Å². The van der Waals surface area contributed by atoms with Gasteiger partial charge in [0.15, 0.2) is 11.2 Å². The molecule has 13 nitrogen and oxygen atoms in total. The number of thioether (sulfide) groups is 1. The maximum absolute atomic E-state index is 12.4. The zero-order valence-electron chi connectivity index (χ0n) is 19.8. The largest absolute Gasteiger partial charge is 0.481 e. The van der Waals surface area contributed by atoms with E-state index in [1.807, 2.05) is 0 Å². The zero-order chi connectivity index (χ0) is 26.6. The number of hydrogen-bond donors (Lipinski definition) is 3. The lowest BCUT2D eigenvalue weighted by molar-refractivity contribution is -0.141. The van der Waals surface area contributed by atoms with Crippen molar-refractivity contribution in [1.82, 2.24) is 10.6 Å². The number of rotatable bonds is 15. The molecule has 1 heterocycles. The number of hydrogen-bond acceptors (Lipinski definition) is 11. The van der Waals surface area contributed by atoms with Crippen LogP contribution in [0.15, 0.2) is 0 Å². The lowest BCUT2D eigenvalue weighted by atomic mass is 9.87. The van der Waals surface area contributed by atoms with Gasteiger partial charge in [0.1, 0.15) is 11.6 Å². The molecule has 0 saturated carbocycles. The van der Waals surface area contributed by atoms with Crippen molar-refractivity contribution in [2.24, 2.45) is 5.41 Å². The van der Waals surface area contributed by atoms with Gasteiger partial charge in [-0.15, -0.1) is 0 Å². The normalized spacial score (nSPS) is 21.1. The third kappa shape index (κ3) is 11.9. The van der Waals surface area contributed by atoms with E-state index in [0.29, 0.717) is 0 Å². The predicted octanol–water partition coefficient (Wildman–Crippen LogP) is 0.848. The van der Waals surface area contributed by atoms with Gasteiger partial charge >= 0.3 is 13.8 Å². The number of Topliss-reactive ketones (excluding diaryl/α,β-unsaturated/α-hetero) is 2.